The van der Waals surface area contributed by atoms with Crippen molar-refractivity contribution in [2.75, 3.05) is 13.1 Å². The summed E-state index contributed by atoms with van der Waals surface area (Å²) in [4.78, 5) is 71.3. The van der Waals surface area contributed by atoms with Crippen LogP contribution in [0.15, 0.2) is 12.2 Å². The number of nitrogens with zero attached hydrogens (tertiary/aromatic N) is 1. The van der Waals surface area contributed by atoms with Crippen molar-refractivity contribution in [3.05, 3.63) is 12.2 Å². The molecule has 0 saturated heterocycles. The molecular weight excluding hydrogens is 432 g/mol. The van der Waals surface area contributed by atoms with Crippen molar-refractivity contribution < 1.29 is 28.8 Å². The van der Waals surface area contributed by atoms with Gasteiger partial charge < -0.3 is 27.4 Å². The number of hydrogen-bond donors (Lipinski definition) is 5. The lowest BCUT2D eigenvalue weighted by Crippen LogP contribution is -2.54. The second-order valence-corrected chi connectivity index (χ2v) is 8.22. The number of unbranched alkanes of at least 4 members (excludes halogenated alkanes) is 2. The highest BCUT2D eigenvalue weighted by molar-refractivity contribution is 6.12. The largest absolute Gasteiger partial charge is 0.370 e. The molecule has 1 heterocycles. The van der Waals surface area contributed by atoms with Crippen molar-refractivity contribution in [3.8, 4) is 0 Å². The normalized spacial score (nSPS) is 14.8. The van der Waals surface area contributed by atoms with Gasteiger partial charge in [0, 0.05) is 44.1 Å². The first-order valence-electron chi connectivity index (χ1n) is 11.0. The number of urea groups is 1. The molecule has 184 valence electrons. The molecule has 7 amide bonds. The number of nitrogens with two attached hydrogens (primary N) is 2. The molecule has 2 atom stereocenters. The van der Waals surface area contributed by atoms with Crippen LogP contribution >= 0.6 is 0 Å². The van der Waals surface area contributed by atoms with Crippen LogP contribution in [0.4, 0.5) is 4.79 Å². The van der Waals surface area contributed by atoms with E-state index < -0.39 is 29.9 Å². The molecule has 7 N–H and O–H groups in total. The zero-order valence-corrected chi connectivity index (χ0v) is 19.1. The smallest absolute Gasteiger partial charge is 0.312 e. The van der Waals surface area contributed by atoms with Crippen LogP contribution in [-0.2, 0) is 24.0 Å². The second kappa shape index (κ2) is 13.9. The minimum atomic E-state index is -0.812. The molecule has 1 unspecified atom stereocenters. The molecule has 0 bridgehead atoms. The monoisotopic (exact) mass is 466 g/mol. The van der Waals surface area contributed by atoms with Crippen LogP contribution in [0.25, 0.3) is 0 Å². The van der Waals surface area contributed by atoms with Gasteiger partial charge in [-0.3, -0.25) is 28.9 Å². The summed E-state index contributed by atoms with van der Waals surface area (Å²) in [6, 6.07) is -2.16. The van der Waals surface area contributed by atoms with Crippen molar-refractivity contribution in [1.29, 1.82) is 0 Å². The van der Waals surface area contributed by atoms with E-state index in [0.717, 1.165) is 4.90 Å². The summed E-state index contributed by atoms with van der Waals surface area (Å²) in [7, 11) is 0. The molecule has 0 spiro atoms. The maximum absolute atomic E-state index is 12.7. The van der Waals surface area contributed by atoms with Crippen molar-refractivity contribution in [1.82, 2.24) is 20.9 Å². The Balaban J connectivity index is 2.48. The molecule has 0 aliphatic carbocycles. The summed E-state index contributed by atoms with van der Waals surface area (Å²) in [5, 5.41) is 7.82. The van der Waals surface area contributed by atoms with E-state index >= 15 is 0 Å². The van der Waals surface area contributed by atoms with Crippen molar-refractivity contribution in [2.45, 2.75) is 64.5 Å². The van der Waals surface area contributed by atoms with Gasteiger partial charge in [0.1, 0.15) is 6.04 Å². The van der Waals surface area contributed by atoms with E-state index in [9.17, 15) is 28.8 Å². The molecular formula is C21H34N6O6. The van der Waals surface area contributed by atoms with Gasteiger partial charge in [-0.05, 0) is 25.2 Å². The number of carbonyl (C=O) groups excluding carboxylic acids is 6. The van der Waals surface area contributed by atoms with Crippen LogP contribution in [0.3, 0.4) is 0 Å². The van der Waals surface area contributed by atoms with E-state index in [-0.39, 0.29) is 49.4 Å². The molecule has 12 heteroatoms. The maximum Gasteiger partial charge on any atom is 0.312 e. The van der Waals surface area contributed by atoms with Crippen LogP contribution < -0.4 is 27.4 Å². The first-order chi connectivity index (χ1) is 15.5. The van der Waals surface area contributed by atoms with E-state index in [0.29, 0.717) is 25.8 Å². The van der Waals surface area contributed by atoms with Crippen LogP contribution in [-0.4, -0.2) is 65.6 Å². The Morgan fingerprint density at radius 2 is 1.58 bits per heavy atom. The molecule has 0 saturated carbocycles. The van der Waals surface area contributed by atoms with E-state index in [4.69, 9.17) is 11.5 Å². The highest BCUT2D eigenvalue weighted by Gasteiger charge is 2.26. The van der Waals surface area contributed by atoms with E-state index in [1.165, 1.54) is 12.2 Å². The Morgan fingerprint density at radius 3 is 2.12 bits per heavy atom. The third-order valence-electron chi connectivity index (χ3n) is 5.06. The molecule has 1 aliphatic heterocycles. The lowest BCUT2D eigenvalue weighted by Gasteiger charge is -2.25. The zero-order valence-electron chi connectivity index (χ0n) is 19.1. The highest BCUT2D eigenvalue weighted by atomic mass is 16.2. The predicted molar refractivity (Wildman–Crippen MR) is 119 cm³/mol. The summed E-state index contributed by atoms with van der Waals surface area (Å²) in [6.07, 6.45) is 4.61. The maximum atomic E-state index is 12.7. The van der Waals surface area contributed by atoms with Gasteiger partial charge in [-0.2, -0.15) is 0 Å². The van der Waals surface area contributed by atoms with Gasteiger partial charge in [0.2, 0.25) is 17.7 Å². The molecule has 0 fully saturated rings. The second-order valence-electron chi connectivity index (χ2n) is 8.22. The first-order valence-corrected chi connectivity index (χ1v) is 11.0. The lowest BCUT2D eigenvalue weighted by molar-refractivity contribution is -0.137. The average molecular weight is 467 g/mol. The van der Waals surface area contributed by atoms with Gasteiger partial charge in [-0.1, -0.05) is 20.3 Å². The molecule has 0 aromatic carbocycles. The number of hydrogen-bond acceptors (Lipinski definition) is 6. The zero-order chi connectivity index (χ0) is 25.0. The summed E-state index contributed by atoms with van der Waals surface area (Å²) in [5.41, 5.74) is 10.2. The van der Waals surface area contributed by atoms with Gasteiger partial charge in [-0.15, -0.1) is 0 Å². The van der Waals surface area contributed by atoms with Gasteiger partial charge in [0.25, 0.3) is 11.8 Å². The summed E-state index contributed by atoms with van der Waals surface area (Å²) in [6.45, 7) is 3.88. The summed E-state index contributed by atoms with van der Waals surface area (Å²) in [5.74, 6) is -2.17. The third kappa shape index (κ3) is 10.6. The van der Waals surface area contributed by atoms with Crippen LogP contribution in [0, 0.1) is 5.92 Å². The number of amides is 7. The Hall–Kier alpha value is -3.44. The fourth-order valence-electron chi connectivity index (χ4n) is 3.22. The van der Waals surface area contributed by atoms with Crippen LogP contribution in [0.5, 0.6) is 0 Å². The summed E-state index contributed by atoms with van der Waals surface area (Å²) < 4.78 is 0. The Bertz CT molecular complexity index is 745. The lowest BCUT2D eigenvalue weighted by atomic mass is 10.0. The summed E-state index contributed by atoms with van der Waals surface area (Å²) >= 11 is 0. The first kappa shape index (κ1) is 27.6. The quantitative estimate of drug-likeness (QED) is 0.152. The van der Waals surface area contributed by atoms with Crippen molar-refractivity contribution in [3.63, 3.8) is 0 Å². The highest BCUT2D eigenvalue weighted by Crippen LogP contribution is 2.09. The molecule has 0 aromatic heterocycles. The van der Waals surface area contributed by atoms with Gasteiger partial charge in [-0.25, -0.2) is 4.79 Å². The van der Waals surface area contributed by atoms with Crippen LogP contribution in [0.1, 0.15) is 52.4 Å². The number of rotatable bonds is 15. The Kier molecular flexibility index (Phi) is 11.6. The van der Waals surface area contributed by atoms with E-state index in [1.54, 1.807) is 13.8 Å². The Morgan fingerprint density at radius 1 is 0.939 bits per heavy atom. The van der Waals surface area contributed by atoms with Crippen molar-refractivity contribution >= 4 is 35.6 Å². The number of nitrogens with one attached hydrogen (secondary N) is 3. The van der Waals surface area contributed by atoms with Crippen molar-refractivity contribution in [2.24, 2.45) is 17.4 Å². The predicted octanol–water partition coefficient (Wildman–Crippen LogP) is -0.969. The molecule has 1 aliphatic rings. The molecule has 12 nitrogen and oxygen atoms in total. The van der Waals surface area contributed by atoms with Gasteiger partial charge in [0.05, 0.1) is 0 Å². The van der Waals surface area contributed by atoms with E-state index in [1.807, 2.05) is 0 Å². The topological polar surface area (TPSA) is 194 Å². The van der Waals surface area contributed by atoms with E-state index in [2.05, 4.69) is 16.0 Å². The fraction of sp³-hybridized carbons (Fsp3) is 0.619. The average Bonchev–Trinajstić information content (AvgIpc) is 3.05. The molecule has 0 radical (unpaired) electrons. The molecule has 0 aromatic rings. The standard InChI is InChI=1S/C21H34N6O6/c1-13(2)19(20(32)25-14(7-8-15(22)28)12-24-21(23)33)26-16(29)6-4-3-5-11-27-17(30)9-10-18(27)31/h9-10,13-14,19H,3-8,11-12H2,1-2H3,(H2,22,28)(H,25,32)(H,26,29)(H3,23,24,33)/t14?,19-/m0/s1. The minimum absolute atomic E-state index is 0.00871. The fourth-order valence-corrected chi connectivity index (χ4v) is 3.22. The molecule has 1 rings (SSSR count). The number of carbonyl (C=O) groups is 6. The minimum Gasteiger partial charge on any atom is -0.370 e. The number of imide groups is 1. The van der Waals surface area contributed by atoms with Gasteiger partial charge >= 0.3 is 6.03 Å². The Labute approximate surface area is 192 Å². The number of primary amides is 2. The third-order valence-corrected chi connectivity index (χ3v) is 5.06. The van der Waals surface area contributed by atoms with Gasteiger partial charge in [0.15, 0.2) is 0 Å². The SMILES string of the molecule is CC(C)[C@H](NC(=O)CCCCCN1C(=O)C=CC1=O)C(=O)NC(CCC(N)=O)CNC(N)=O. The molecule has 33 heavy (non-hydrogen) atoms. The van der Waals surface area contributed by atoms with Crippen LogP contribution in [0.2, 0.25) is 0 Å².